The van der Waals surface area contributed by atoms with Crippen molar-refractivity contribution in [2.45, 2.75) is 6.10 Å². The third kappa shape index (κ3) is 3.06. The van der Waals surface area contributed by atoms with Crippen molar-refractivity contribution in [1.29, 1.82) is 0 Å². The molecular weight excluding hydrogens is 246 g/mol. The van der Waals surface area contributed by atoms with Crippen molar-refractivity contribution >= 4 is 15.9 Å². The lowest BCUT2D eigenvalue weighted by Crippen LogP contribution is -2.17. The number of hydrogen-bond acceptors (Lipinski definition) is 3. The molecule has 1 aromatic rings. The molecule has 4 heteroatoms. The minimum atomic E-state index is -0.155. The van der Waals surface area contributed by atoms with Gasteiger partial charge in [0.05, 0.1) is 19.3 Å². The summed E-state index contributed by atoms with van der Waals surface area (Å²) in [6.07, 6.45) is -0.155. The first-order chi connectivity index (χ1) is 6.79. The molecule has 1 rings (SSSR count). The SMILES string of the molecule is NCC(OCCO)c1ccccc1Br. The highest BCUT2D eigenvalue weighted by Crippen LogP contribution is 2.24. The smallest absolute Gasteiger partial charge is 0.0959 e. The van der Waals surface area contributed by atoms with Crippen LogP contribution in [-0.4, -0.2) is 24.9 Å². The Morgan fingerprint density at radius 2 is 2.14 bits per heavy atom. The van der Waals surface area contributed by atoms with Crippen LogP contribution in [0.5, 0.6) is 0 Å². The zero-order chi connectivity index (χ0) is 10.4. The number of halogens is 1. The number of nitrogens with two attached hydrogens (primary N) is 1. The van der Waals surface area contributed by atoms with E-state index >= 15 is 0 Å². The normalized spacial score (nSPS) is 12.8. The van der Waals surface area contributed by atoms with Crippen LogP contribution in [0.1, 0.15) is 11.7 Å². The lowest BCUT2D eigenvalue weighted by Gasteiger charge is -2.16. The van der Waals surface area contributed by atoms with Crippen molar-refractivity contribution in [3.63, 3.8) is 0 Å². The van der Waals surface area contributed by atoms with E-state index in [1.165, 1.54) is 0 Å². The molecule has 0 aromatic heterocycles. The quantitative estimate of drug-likeness (QED) is 0.842. The Balaban J connectivity index is 2.73. The molecule has 78 valence electrons. The summed E-state index contributed by atoms with van der Waals surface area (Å²) in [6, 6.07) is 7.78. The van der Waals surface area contributed by atoms with Gasteiger partial charge in [0.1, 0.15) is 0 Å². The molecule has 1 aromatic carbocycles. The first-order valence-corrected chi connectivity index (χ1v) is 5.26. The maximum atomic E-state index is 8.65. The Hall–Kier alpha value is -0.420. The molecule has 3 N–H and O–H groups in total. The zero-order valence-corrected chi connectivity index (χ0v) is 9.40. The Morgan fingerprint density at radius 3 is 2.71 bits per heavy atom. The van der Waals surface area contributed by atoms with E-state index < -0.39 is 0 Å². The van der Waals surface area contributed by atoms with Gasteiger partial charge in [0.2, 0.25) is 0 Å². The molecular formula is C10H14BrNO2. The monoisotopic (exact) mass is 259 g/mol. The summed E-state index contributed by atoms with van der Waals surface area (Å²) in [5.41, 5.74) is 6.60. The van der Waals surface area contributed by atoms with Crippen LogP contribution < -0.4 is 5.73 Å². The first kappa shape index (κ1) is 11.7. The first-order valence-electron chi connectivity index (χ1n) is 4.46. The maximum absolute atomic E-state index is 8.65. The van der Waals surface area contributed by atoms with Crippen molar-refractivity contribution in [3.05, 3.63) is 34.3 Å². The topological polar surface area (TPSA) is 55.5 Å². The van der Waals surface area contributed by atoms with Crippen LogP contribution in [0.4, 0.5) is 0 Å². The highest BCUT2D eigenvalue weighted by Gasteiger charge is 2.12. The summed E-state index contributed by atoms with van der Waals surface area (Å²) in [6.45, 7) is 0.729. The lowest BCUT2D eigenvalue weighted by atomic mass is 10.1. The summed E-state index contributed by atoms with van der Waals surface area (Å²) >= 11 is 3.43. The predicted molar refractivity (Wildman–Crippen MR) is 59.0 cm³/mol. The van der Waals surface area contributed by atoms with E-state index in [0.717, 1.165) is 10.0 Å². The fourth-order valence-corrected chi connectivity index (χ4v) is 1.76. The van der Waals surface area contributed by atoms with Gasteiger partial charge in [-0.2, -0.15) is 0 Å². The third-order valence-corrected chi connectivity index (χ3v) is 2.60. The molecule has 0 saturated heterocycles. The van der Waals surface area contributed by atoms with Gasteiger partial charge in [0.15, 0.2) is 0 Å². The summed E-state index contributed by atoms with van der Waals surface area (Å²) in [5.74, 6) is 0. The minimum Gasteiger partial charge on any atom is -0.394 e. The highest BCUT2D eigenvalue weighted by atomic mass is 79.9. The second-order valence-corrected chi connectivity index (χ2v) is 3.69. The van der Waals surface area contributed by atoms with Crippen LogP contribution in [0.25, 0.3) is 0 Å². The average molecular weight is 260 g/mol. The Kier molecular flexibility index (Phi) is 5.11. The van der Waals surface area contributed by atoms with Gasteiger partial charge in [-0.15, -0.1) is 0 Å². The van der Waals surface area contributed by atoms with Gasteiger partial charge in [0, 0.05) is 11.0 Å². The Bertz CT molecular complexity index is 281. The van der Waals surface area contributed by atoms with Gasteiger partial charge in [0.25, 0.3) is 0 Å². The van der Waals surface area contributed by atoms with Gasteiger partial charge < -0.3 is 15.6 Å². The van der Waals surface area contributed by atoms with Crippen molar-refractivity contribution in [2.24, 2.45) is 5.73 Å². The van der Waals surface area contributed by atoms with Gasteiger partial charge in [-0.1, -0.05) is 34.1 Å². The fourth-order valence-electron chi connectivity index (χ4n) is 1.22. The number of benzene rings is 1. The summed E-state index contributed by atoms with van der Waals surface area (Å²) in [7, 11) is 0. The van der Waals surface area contributed by atoms with Gasteiger partial charge in [-0.3, -0.25) is 0 Å². The van der Waals surface area contributed by atoms with Crippen LogP contribution in [-0.2, 0) is 4.74 Å². The van der Waals surface area contributed by atoms with Crippen LogP contribution in [0.15, 0.2) is 28.7 Å². The number of rotatable bonds is 5. The molecule has 0 aliphatic rings. The lowest BCUT2D eigenvalue weighted by molar-refractivity contribution is 0.0325. The average Bonchev–Trinajstić information content (AvgIpc) is 2.21. The molecule has 0 bridgehead atoms. The van der Waals surface area contributed by atoms with Crippen LogP contribution >= 0.6 is 15.9 Å². The van der Waals surface area contributed by atoms with Crippen molar-refractivity contribution in [1.82, 2.24) is 0 Å². The van der Waals surface area contributed by atoms with E-state index in [1.54, 1.807) is 0 Å². The Labute approximate surface area is 92.0 Å². The van der Waals surface area contributed by atoms with E-state index in [-0.39, 0.29) is 12.7 Å². The van der Waals surface area contributed by atoms with Gasteiger partial charge in [-0.05, 0) is 11.6 Å². The van der Waals surface area contributed by atoms with E-state index in [4.69, 9.17) is 15.6 Å². The third-order valence-electron chi connectivity index (χ3n) is 1.88. The fraction of sp³-hybridized carbons (Fsp3) is 0.400. The summed E-state index contributed by atoms with van der Waals surface area (Å²) < 4.78 is 6.38. The standard InChI is InChI=1S/C10H14BrNO2/c11-9-4-2-1-3-8(9)10(7-12)14-6-5-13/h1-4,10,13H,5-7,12H2. The van der Waals surface area contributed by atoms with Gasteiger partial charge >= 0.3 is 0 Å². The molecule has 0 spiro atoms. The van der Waals surface area contributed by atoms with E-state index in [0.29, 0.717) is 13.2 Å². The Morgan fingerprint density at radius 1 is 1.43 bits per heavy atom. The molecule has 0 aliphatic heterocycles. The highest BCUT2D eigenvalue weighted by molar-refractivity contribution is 9.10. The molecule has 0 aliphatic carbocycles. The van der Waals surface area contributed by atoms with Crippen LogP contribution in [0.2, 0.25) is 0 Å². The maximum Gasteiger partial charge on any atom is 0.0959 e. The van der Waals surface area contributed by atoms with E-state index in [2.05, 4.69) is 15.9 Å². The molecule has 1 atom stereocenters. The molecule has 0 amide bonds. The molecule has 3 nitrogen and oxygen atoms in total. The van der Waals surface area contributed by atoms with Crippen molar-refractivity contribution < 1.29 is 9.84 Å². The zero-order valence-electron chi connectivity index (χ0n) is 7.82. The predicted octanol–water partition coefficient (Wildman–Crippen LogP) is 1.46. The number of hydrogen-bond donors (Lipinski definition) is 2. The van der Waals surface area contributed by atoms with E-state index in [9.17, 15) is 0 Å². The largest absolute Gasteiger partial charge is 0.394 e. The molecule has 0 fully saturated rings. The second-order valence-electron chi connectivity index (χ2n) is 2.84. The summed E-state index contributed by atoms with van der Waals surface area (Å²) in [5, 5.41) is 8.65. The van der Waals surface area contributed by atoms with Crippen LogP contribution in [0, 0.1) is 0 Å². The minimum absolute atomic E-state index is 0.0148. The molecule has 0 radical (unpaired) electrons. The molecule has 1 unspecified atom stereocenters. The van der Waals surface area contributed by atoms with Crippen molar-refractivity contribution in [3.8, 4) is 0 Å². The summed E-state index contributed by atoms with van der Waals surface area (Å²) in [4.78, 5) is 0. The van der Waals surface area contributed by atoms with E-state index in [1.807, 2.05) is 24.3 Å². The second kappa shape index (κ2) is 6.14. The number of aliphatic hydroxyl groups excluding tert-OH is 1. The number of aliphatic hydroxyl groups is 1. The number of ether oxygens (including phenoxy) is 1. The van der Waals surface area contributed by atoms with Gasteiger partial charge in [-0.25, -0.2) is 0 Å². The van der Waals surface area contributed by atoms with Crippen LogP contribution in [0.3, 0.4) is 0 Å². The van der Waals surface area contributed by atoms with Crippen molar-refractivity contribution in [2.75, 3.05) is 19.8 Å². The molecule has 0 saturated carbocycles. The molecule has 14 heavy (non-hydrogen) atoms. The molecule has 0 heterocycles.